The SMILES string of the molecule is CCc1cccn1-c1cc2ccccc2n1-c1ccc(O)c(F)c1. The molecule has 0 aliphatic heterocycles. The molecule has 0 saturated carbocycles. The number of hydrogen-bond donors (Lipinski definition) is 1. The molecule has 4 heteroatoms. The van der Waals surface area contributed by atoms with Crippen molar-refractivity contribution < 1.29 is 9.50 Å². The first-order valence-corrected chi connectivity index (χ1v) is 7.95. The van der Waals surface area contributed by atoms with Crippen LogP contribution in [-0.2, 0) is 6.42 Å². The van der Waals surface area contributed by atoms with Gasteiger partial charge in [-0.1, -0.05) is 25.1 Å². The highest BCUT2D eigenvalue weighted by atomic mass is 19.1. The first-order valence-electron chi connectivity index (χ1n) is 7.95. The predicted molar refractivity (Wildman–Crippen MR) is 93.6 cm³/mol. The molecule has 24 heavy (non-hydrogen) atoms. The minimum Gasteiger partial charge on any atom is -0.505 e. The van der Waals surface area contributed by atoms with E-state index in [1.54, 1.807) is 6.07 Å². The number of phenolic OH excluding ortho intramolecular Hbond substituents is 1. The van der Waals surface area contributed by atoms with Gasteiger partial charge in [0.15, 0.2) is 11.6 Å². The summed E-state index contributed by atoms with van der Waals surface area (Å²) in [5, 5.41) is 10.6. The van der Waals surface area contributed by atoms with Crippen molar-refractivity contribution in [2.24, 2.45) is 0 Å². The largest absolute Gasteiger partial charge is 0.505 e. The molecule has 0 bridgehead atoms. The third-order valence-corrected chi connectivity index (χ3v) is 4.32. The Morgan fingerprint density at radius 3 is 2.62 bits per heavy atom. The molecule has 0 aliphatic rings. The fourth-order valence-corrected chi connectivity index (χ4v) is 3.15. The van der Waals surface area contributed by atoms with Gasteiger partial charge in [-0.3, -0.25) is 4.57 Å². The summed E-state index contributed by atoms with van der Waals surface area (Å²) in [5.41, 5.74) is 2.85. The van der Waals surface area contributed by atoms with E-state index in [1.165, 1.54) is 17.8 Å². The Hall–Kier alpha value is -3.01. The highest BCUT2D eigenvalue weighted by molar-refractivity contribution is 5.85. The Kier molecular flexibility index (Phi) is 3.38. The molecule has 3 nitrogen and oxygen atoms in total. The van der Waals surface area contributed by atoms with Crippen molar-refractivity contribution in [3.63, 3.8) is 0 Å². The summed E-state index contributed by atoms with van der Waals surface area (Å²) in [6.45, 7) is 2.11. The number of rotatable bonds is 3. The minimum absolute atomic E-state index is 0.341. The number of aromatic hydroxyl groups is 1. The standard InChI is InChI=1S/C20H17FN2O/c1-2-15-7-5-11-22(15)20-12-14-6-3-4-8-18(14)23(20)16-9-10-19(24)17(21)13-16/h3-13,24H,2H2,1H3. The molecule has 0 radical (unpaired) electrons. The second-order valence-electron chi connectivity index (χ2n) is 5.76. The lowest BCUT2D eigenvalue weighted by molar-refractivity contribution is 0.432. The lowest BCUT2D eigenvalue weighted by Crippen LogP contribution is -2.05. The molecule has 120 valence electrons. The van der Waals surface area contributed by atoms with Crippen LogP contribution >= 0.6 is 0 Å². The van der Waals surface area contributed by atoms with Gasteiger partial charge >= 0.3 is 0 Å². The number of benzene rings is 2. The third kappa shape index (κ3) is 2.19. The van der Waals surface area contributed by atoms with Crippen LogP contribution in [0.25, 0.3) is 22.4 Å². The summed E-state index contributed by atoms with van der Waals surface area (Å²) in [6.07, 6.45) is 2.92. The van der Waals surface area contributed by atoms with Crippen molar-refractivity contribution >= 4 is 10.9 Å². The third-order valence-electron chi connectivity index (χ3n) is 4.32. The molecule has 0 aliphatic carbocycles. The maximum Gasteiger partial charge on any atom is 0.166 e. The Morgan fingerprint density at radius 1 is 1.00 bits per heavy atom. The highest BCUT2D eigenvalue weighted by Gasteiger charge is 2.14. The molecule has 2 aromatic carbocycles. The summed E-state index contributed by atoms with van der Waals surface area (Å²) in [6, 6.07) is 18.7. The summed E-state index contributed by atoms with van der Waals surface area (Å²) >= 11 is 0. The maximum atomic E-state index is 13.9. The number of phenols is 1. The Labute approximate surface area is 139 Å². The Morgan fingerprint density at radius 2 is 1.83 bits per heavy atom. The number of nitrogens with zero attached hydrogens (tertiary/aromatic N) is 2. The first-order chi connectivity index (χ1) is 11.7. The fraction of sp³-hybridized carbons (Fsp3) is 0.100. The van der Waals surface area contributed by atoms with Gasteiger partial charge in [-0.15, -0.1) is 0 Å². The van der Waals surface area contributed by atoms with E-state index in [2.05, 4.69) is 23.6 Å². The van der Waals surface area contributed by atoms with Crippen molar-refractivity contribution in [1.29, 1.82) is 0 Å². The van der Waals surface area contributed by atoms with Gasteiger partial charge in [0.25, 0.3) is 0 Å². The van der Waals surface area contributed by atoms with Crippen LogP contribution in [-0.4, -0.2) is 14.2 Å². The topological polar surface area (TPSA) is 30.1 Å². The fourth-order valence-electron chi connectivity index (χ4n) is 3.15. The zero-order valence-corrected chi connectivity index (χ0v) is 13.3. The number of halogens is 1. The summed E-state index contributed by atoms with van der Waals surface area (Å²) < 4.78 is 18.0. The number of fused-ring (bicyclic) bond motifs is 1. The van der Waals surface area contributed by atoms with Gasteiger partial charge in [0.1, 0.15) is 5.82 Å². The highest BCUT2D eigenvalue weighted by Crippen LogP contribution is 2.29. The number of hydrogen-bond acceptors (Lipinski definition) is 1. The van der Waals surface area contributed by atoms with Crippen LogP contribution in [0.5, 0.6) is 5.75 Å². The molecule has 0 saturated heterocycles. The van der Waals surface area contributed by atoms with E-state index in [0.29, 0.717) is 5.69 Å². The van der Waals surface area contributed by atoms with Crippen LogP contribution in [0.4, 0.5) is 4.39 Å². The van der Waals surface area contributed by atoms with E-state index in [1.807, 2.05) is 41.1 Å². The Bertz CT molecular complexity index is 1030. The molecule has 0 unspecified atom stereocenters. The van der Waals surface area contributed by atoms with E-state index in [0.717, 1.165) is 23.1 Å². The normalized spacial score (nSPS) is 11.2. The molecule has 4 aromatic rings. The van der Waals surface area contributed by atoms with Gasteiger partial charge in [0.2, 0.25) is 0 Å². The van der Waals surface area contributed by atoms with Crippen molar-refractivity contribution in [3.8, 4) is 17.3 Å². The molecule has 4 rings (SSSR count). The number of aryl methyl sites for hydroxylation is 1. The van der Waals surface area contributed by atoms with Gasteiger partial charge in [-0.05, 0) is 42.8 Å². The lowest BCUT2D eigenvalue weighted by atomic mass is 10.2. The maximum absolute atomic E-state index is 13.9. The van der Waals surface area contributed by atoms with Gasteiger partial charge in [-0.25, -0.2) is 4.39 Å². The van der Waals surface area contributed by atoms with Crippen LogP contribution in [0, 0.1) is 5.82 Å². The molecule has 0 spiro atoms. The van der Waals surface area contributed by atoms with E-state index in [4.69, 9.17) is 0 Å². The molecule has 0 fully saturated rings. The zero-order chi connectivity index (χ0) is 16.7. The zero-order valence-electron chi connectivity index (χ0n) is 13.3. The Balaban J connectivity index is 2.05. The minimum atomic E-state index is -0.626. The first kappa shape index (κ1) is 14.6. The van der Waals surface area contributed by atoms with E-state index in [-0.39, 0.29) is 5.75 Å². The second-order valence-corrected chi connectivity index (χ2v) is 5.76. The average Bonchev–Trinajstić information content (AvgIpc) is 3.20. The lowest BCUT2D eigenvalue weighted by Gasteiger charge is -2.14. The van der Waals surface area contributed by atoms with Crippen LogP contribution in [0.2, 0.25) is 0 Å². The second kappa shape index (κ2) is 5.57. The van der Waals surface area contributed by atoms with Crippen molar-refractivity contribution in [2.45, 2.75) is 13.3 Å². The van der Waals surface area contributed by atoms with E-state index < -0.39 is 5.82 Å². The average molecular weight is 320 g/mol. The number of aromatic nitrogens is 2. The summed E-state index contributed by atoms with van der Waals surface area (Å²) in [5.74, 6) is -0.0189. The smallest absolute Gasteiger partial charge is 0.166 e. The van der Waals surface area contributed by atoms with Gasteiger partial charge in [0, 0.05) is 23.3 Å². The van der Waals surface area contributed by atoms with Crippen molar-refractivity contribution in [1.82, 2.24) is 9.13 Å². The monoisotopic (exact) mass is 320 g/mol. The van der Waals surface area contributed by atoms with Crippen LogP contribution < -0.4 is 0 Å². The summed E-state index contributed by atoms with van der Waals surface area (Å²) in [4.78, 5) is 0. The molecule has 2 heterocycles. The van der Waals surface area contributed by atoms with Crippen molar-refractivity contribution in [3.05, 3.63) is 78.4 Å². The molecular formula is C20H17FN2O. The van der Waals surface area contributed by atoms with E-state index >= 15 is 0 Å². The molecule has 0 atom stereocenters. The van der Waals surface area contributed by atoms with Crippen LogP contribution in [0.15, 0.2) is 66.9 Å². The number of para-hydroxylation sites is 1. The molecular weight excluding hydrogens is 303 g/mol. The van der Waals surface area contributed by atoms with Gasteiger partial charge in [-0.2, -0.15) is 0 Å². The molecule has 2 aromatic heterocycles. The van der Waals surface area contributed by atoms with Gasteiger partial charge in [0.05, 0.1) is 11.2 Å². The van der Waals surface area contributed by atoms with Crippen molar-refractivity contribution in [2.75, 3.05) is 0 Å². The molecule has 0 amide bonds. The quantitative estimate of drug-likeness (QED) is 0.576. The van der Waals surface area contributed by atoms with Gasteiger partial charge < -0.3 is 9.67 Å². The van der Waals surface area contributed by atoms with E-state index in [9.17, 15) is 9.50 Å². The van der Waals surface area contributed by atoms with Crippen LogP contribution in [0.3, 0.4) is 0 Å². The predicted octanol–water partition coefficient (Wildman–Crippen LogP) is 4.83. The molecule has 1 N–H and O–H groups in total. The summed E-state index contributed by atoms with van der Waals surface area (Å²) in [7, 11) is 0. The van der Waals surface area contributed by atoms with Crippen LogP contribution in [0.1, 0.15) is 12.6 Å².